The zero-order valence-corrected chi connectivity index (χ0v) is 48.6. The molecule has 0 heterocycles. The van der Waals surface area contributed by atoms with E-state index in [4.69, 9.17) is 14.2 Å². The van der Waals surface area contributed by atoms with E-state index in [0.717, 1.165) is 96.3 Å². The molecule has 0 spiro atoms. The zero-order chi connectivity index (χ0) is 53.6. The number of allylic oxidation sites excluding steroid dienone is 16. The van der Waals surface area contributed by atoms with Gasteiger partial charge in [0.25, 0.3) is 0 Å². The summed E-state index contributed by atoms with van der Waals surface area (Å²) in [5.41, 5.74) is 0. The molecule has 0 aromatic heterocycles. The van der Waals surface area contributed by atoms with Crippen molar-refractivity contribution in [2.24, 2.45) is 0 Å². The zero-order valence-electron chi connectivity index (χ0n) is 48.6. The van der Waals surface area contributed by atoms with Crippen molar-refractivity contribution < 1.29 is 28.6 Å². The molecule has 0 aliphatic heterocycles. The lowest BCUT2D eigenvalue weighted by molar-refractivity contribution is -0.167. The van der Waals surface area contributed by atoms with Crippen molar-refractivity contribution in [3.8, 4) is 0 Å². The first-order valence-electron chi connectivity index (χ1n) is 31.2. The molecular formula is C68H116O6. The molecule has 0 N–H and O–H groups in total. The minimum Gasteiger partial charge on any atom is -0.462 e. The van der Waals surface area contributed by atoms with Crippen molar-refractivity contribution in [1.29, 1.82) is 0 Å². The van der Waals surface area contributed by atoms with Gasteiger partial charge in [0, 0.05) is 19.3 Å². The topological polar surface area (TPSA) is 78.9 Å². The standard InChI is InChI=1S/C68H116O6/c1-4-7-10-13-16-19-22-24-26-28-30-32-33-34-35-37-38-40-42-44-46-49-52-55-58-61-67(70)73-64-65(63-72-66(69)60-57-54-51-48-21-18-15-12-9-6-3)74-68(71)62-59-56-53-50-47-45-43-41-39-36-31-29-27-25-23-20-17-14-11-8-5-2/h8,11,17,20,22,24-25,27-28,30-31,36,41,43,47,50,65H,4-7,9-10,12-16,18-19,21,23,26,29,32-35,37-40,42,44-46,48-49,51-64H2,1-3H3/b11-8-,20-17-,24-22-,27-25-,30-28-,36-31-,43-41-,50-47-. The van der Waals surface area contributed by atoms with Crippen LogP contribution in [0, 0.1) is 0 Å². The third-order valence-electron chi connectivity index (χ3n) is 13.3. The number of ether oxygens (including phenoxy) is 3. The summed E-state index contributed by atoms with van der Waals surface area (Å²) >= 11 is 0. The van der Waals surface area contributed by atoms with Crippen LogP contribution < -0.4 is 0 Å². The first-order chi connectivity index (χ1) is 36.5. The smallest absolute Gasteiger partial charge is 0.306 e. The molecule has 0 bridgehead atoms. The van der Waals surface area contributed by atoms with Crippen LogP contribution in [0.5, 0.6) is 0 Å². The average molecular weight is 1030 g/mol. The Hall–Kier alpha value is -3.67. The lowest BCUT2D eigenvalue weighted by Gasteiger charge is -2.18. The Morgan fingerprint density at radius 2 is 0.527 bits per heavy atom. The van der Waals surface area contributed by atoms with Crippen LogP contribution in [-0.4, -0.2) is 37.2 Å². The van der Waals surface area contributed by atoms with Crippen LogP contribution in [0.3, 0.4) is 0 Å². The number of unbranched alkanes of at least 4 members (excludes halogenated alkanes) is 29. The van der Waals surface area contributed by atoms with Crippen LogP contribution >= 0.6 is 0 Å². The Morgan fingerprint density at radius 3 is 0.851 bits per heavy atom. The Labute approximate surface area is 457 Å². The SMILES string of the molecule is CC/C=C\C/C=C\C/C=C\C/C=C\C/C=C\C/C=C\CCCCC(=O)OC(COC(=O)CCCCCCCCCCCC)COC(=O)CCCCCCCCCCCCCCC/C=C\C/C=C\CCCCCCC. The number of carbonyl (C=O) groups excluding carboxylic acids is 3. The third-order valence-corrected chi connectivity index (χ3v) is 13.3. The molecule has 0 amide bonds. The van der Waals surface area contributed by atoms with Crippen LogP contribution in [0.1, 0.15) is 297 Å². The second-order valence-electron chi connectivity index (χ2n) is 20.6. The molecule has 424 valence electrons. The highest BCUT2D eigenvalue weighted by Crippen LogP contribution is 2.16. The summed E-state index contributed by atoms with van der Waals surface area (Å²) in [6.45, 7) is 6.49. The van der Waals surface area contributed by atoms with E-state index < -0.39 is 6.10 Å². The summed E-state index contributed by atoms with van der Waals surface area (Å²) in [4.78, 5) is 38.2. The summed E-state index contributed by atoms with van der Waals surface area (Å²) in [6, 6.07) is 0. The predicted molar refractivity (Wildman–Crippen MR) is 320 cm³/mol. The second kappa shape index (κ2) is 61.9. The fraction of sp³-hybridized carbons (Fsp3) is 0.721. The van der Waals surface area contributed by atoms with Gasteiger partial charge in [-0.1, -0.05) is 272 Å². The maximum Gasteiger partial charge on any atom is 0.306 e. The van der Waals surface area contributed by atoms with Gasteiger partial charge in [0.15, 0.2) is 6.10 Å². The predicted octanol–water partition coefficient (Wildman–Crippen LogP) is 21.3. The summed E-state index contributed by atoms with van der Waals surface area (Å²) in [5.74, 6) is -0.932. The van der Waals surface area contributed by atoms with Gasteiger partial charge in [0.1, 0.15) is 13.2 Å². The molecule has 1 atom stereocenters. The highest BCUT2D eigenvalue weighted by atomic mass is 16.6. The van der Waals surface area contributed by atoms with Gasteiger partial charge < -0.3 is 14.2 Å². The maximum atomic E-state index is 12.9. The normalized spacial score (nSPS) is 12.7. The largest absolute Gasteiger partial charge is 0.462 e. The minimum atomic E-state index is -0.800. The van der Waals surface area contributed by atoms with Gasteiger partial charge in [-0.3, -0.25) is 14.4 Å². The summed E-state index contributed by atoms with van der Waals surface area (Å²) in [6.07, 6.45) is 82.8. The lowest BCUT2D eigenvalue weighted by atomic mass is 10.0. The van der Waals surface area contributed by atoms with Crippen molar-refractivity contribution in [2.75, 3.05) is 13.2 Å². The molecule has 6 heteroatoms. The molecule has 0 saturated carbocycles. The van der Waals surface area contributed by atoms with Crippen LogP contribution in [0.2, 0.25) is 0 Å². The molecular weight excluding hydrogens is 913 g/mol. The fourth-order valence-electron chi connectivity index (χ4n) is 8.65. The molecule has 1 unspecified atom stereocenters. The van der Waals surface area contributed by atoms with E-state index in [2.05, 4.69) is 118 Å². The number of hydrogen-bond donors (Lipinski definition) is 0. The molecule has 0 aromatic rings. The van der Waals surface area contributed by atoms with Crippen molar-refractivity contribution >= 4 is 17.9 Å². The first-order valence-corrected chi connectivity index (χ1v) is 31.2. The Balaban J connectivity index is 4.32. The van der Waals surface area contributed by atoms with Crippen molar-refractivity contribution in [3.05, 3.63) is 97.2 Å². The molecule has 0 radical (unpaired) electrons. The Morgan fingerprint density at radius 1 is 0.284 bits per heavy atom. The monoisotopic (exact) mass is 1030 g/mol. The molecule has 0 aliphatic rings. The molecule has 0 fully saturated rings. The average Bonchev–Trinajstić information content (AvgIpc) is 3.40. The van der Waals surface area contributed by atoms with E-state index in [1.54, 1.807) is 0 Å². The van der Waals surface area contributed by atoms with E-state index >= 15 is 0 Å². The molecule has 0 rings (SSSR count). The molecule has 74 heavy (non-hydrogen) atoms. The van der Waals surface area contributed by atoms with Gasteiger partial charge >= 0.3 is 17.9 Å². The Kier molecular flexibility index (Phi) is 58.8. The lowest BCUT2D eigenvalue weighted by Crippen LogP contribution is -2.30. The van der Waals surface area contributed by atoms with Crippen molar-refractivity contribution in [2.45, 2.75) is 303 Å². The number of carbonyl (C=O) groups is 3. The highest BCUT2D eigenvalue weighted by molar-refractivity contribution is 5.71. The van der Waals surface area contributed by atoms with Crippen molar-refractivity contribution in [3.63, 3.8) is 0 Å². The number of rotatable bonds is 56. The molecule has 6 nitrogen and oxygen atoms in total. The summed E-state index contributed by atoms with van der Waals surface area (Å²) in [7, 11) is 0. The van der Waals surface area contributed by atoms with E-state index in [1.165, 1.54) is 154 Å². The van der Waals surface area contributed by atoms with E-state index in [0.29, 0.717) is 19.3 Å². The van der Waals surface area contributed by atoms with Crippen LogP contribution in [0.4, 0.5) is 0 Å². The maximum absolute atomic E-state index is 12.9. The molecule has 0 aromatic carbocycles. The van der Waals surface area contributed by atoms with Gasteiger partial charge in [-0.2, -0.15) is 0 Å². The number of hydrogen-bond acceptors (Lipinski definition) is 6. The summed E-state index contributed by atoms with van der Waals surface area (Å²) in [5, 5.41) is 0. The van der Waals surface area contributed by atoms with Gasteiger partial charge in [-0.05, 0) is 103 Å². The van der Waals surface area contributed by atoms with E-state index in [1.807, 2.05) is 0 Å². The van der Waals surface area contributed by atoms with Crippen molar-refractivity contribution in [1.82, 2.24) is 0 Å². The van der Waals surface area contributed by atoms with Crippen LogP contribution in [0.15, 0.2) is 97.2 Å². The minimum absolute atomic E-state index is 0.0935. The third kappa shape index (κ3) is 59.2. The second-order valence-corrected chi connectivity index (χ2v) is 20.6. The molecule has 0 aliphatic carbocycles. The van der Waals surface area contributed by atoms with Crippen LogP contribution in [-0.2, 0) is 28.6 Å². The van der Waals surface area contributed by atoms with Crippen LogP contribution in [0.25, 0.3) is 0 Å². The molecule has 0 saturated heterocycles. The quantitative estimate of drug-likeness (QED) is 0.0261. The van der Waals surface area contributed by atoms with E-state index in [-0.39, 0.29) is 37.5 Å². The summed E-state index contributed by atoms with van der Waals surface area (Å²) < 4.78 is 16.8. The first kappa shape index (κ1) is 70.3. The highest BCUT2D eigenvalue weighted by Gasteiger charge is 2.19. The van der Waals surface area contributed by atoms with Gasteiger partial charge in [0.05, 0.1) is 0 Å². The van der Waals surface area contributed by atoms with Gasteiger partial charge in [-0.25, -0.2) is 0 Å². The van der Waals surface area contributed by atoms with Gasteiger partial charge in [0.2, 0.25) is 0 Å². The fourth-order valence-corrected chi connectivity index (χ4v) is 8.65. The van der Waals surface area contributed by atoms with E-state index in [9.17, 15) is 14.4 Å². The Bertz CT molecular complexity index is 1460. The number of esters is 3. The van der Waals surface area contributed by atoms with Gasteiger partial charge in [-0.15, -0.1) is 0 Å².